The maximum Gasteiger partial charge on any atom is 0.397 e. The number of hydrogen-bond acceptors (Lipinski definition) is 11. The molecule has 0 spiro atoms. The minimum atomic E-state index is -5.07. The van der Waals surface area contributed by atoms with Crippen LogP contribution < -0.4 is 0 Å². The maximum atomic E-state index is 12.9. The van der Waals surface area contributed by atoms with Crippen molar-refractivity contribution < 1.29 is 56.2 Å². The molecule has 1 aliphatic heterocycles. The topological polar surface area (TPSA) is 178 Å². The summed E-state index contributed by atoms with van der Waals surface area (Å²) in [5.41, 5.74) is 0. The number of rotatable bonds is 45. The lowest BCUT2D eigenvalue weighted by atomic mass is 9.99. The summed E-state index contributed by atoms with van der Waals surface area (Å²) in [5, 5.41) is 30.8. The molecule has 1 rings (SSSR count). The zero-order valence-corrected chi connectivity index (χ0v) is 42.1. The van der Waals surface area contributed by atoms with Crippen LogP contribution in [0.1, 0.15) is 206 Å². The first-order valence-electron chi connectivity index (χ1n) is 26.0. The predicted molar refractivity (Wildman–Crippen MR) is 266 cm³/mol. The van der Waals surface area contributed by atoms with Gasteiger partial charge in [-0.3, -0.25) is 9.35 Å². The average molecular weight is 955 g/mol. The van der Waals surface area contributed by atoms with Gasteiger partial charge in [-0.1, -0.05) is 184 Å². The monoisotopic (exact) mass is 955 g/mol. The molecule has 6 unspecified atom stereocenters. The van der Waals surface area contributed by atoms with Crippen molar-refractivity contribution in [2.24, 2.45) is 0 Å². The van der Waals surface area contributed by atoms with Gasteiger partial charge in [-0.25, -0.2) is 4.18 Å². The van der Waals surface area contributed by atoms with Gasteiger partial charge in [0.2, 0.25) is 0 Å². The second-order valence-electron chi connectivity index (χ2n) is 17.7. The molecule has 0 aliphatic carbocycles. The van der Waals surface area contributed by atoms with Crippen LogP contribution >= 0.6 is 0 Å². The number of carbonyl (C=O) groups is 1. The largest absolute Gasteiger partial charge is 0.457 e. The lowest BCUT2D eigenvalue weighted by Gasteiger charge is -2.41. The Bertz CT molecular complexity index is 1380. The minimum Gasteiger partial charge on any atom is -0.457 e. The summed E-state index contributed by atoms with van der Waals surface area (Å²) in [6, 6.07) is 0. The van der Waals surface area contributed by atoms with Crippen LogP contribution in [0.15, 0.2) is 60.8 Å². The third-order valence-corrected chi connectivity index (χ3v) is 12.1. The van der Waals surface area contributed by atoms with Crippen LogP contribution in [-0.2, 0) is 38.3 Å². The SMILES string of the molecule is CC/C=C\C/C=C\C/C=C\CCCCCCCCOCC(COC1OC(CO)C(O)C(OS(=O)(=O)O)C1O)OC(=O)CCCCCCCCCCCCC/C=C\C/C=C\CCCCCCC. The highest BCUT2D eigenvalue weighted by molar-refractivity contribution is 7.80. The van der Waals surface area contributed by atoms with Crippen molar-refractivity contribution in [3.8, 4) is 0 Å². The fraction of sp³-hybridized carbons (Fsp3) is 0.792. The van der Waals surface area contributed by atoms with E-state index in [9.17, 15) is 33.1 Å². The Kier molecular flexibility index (Phi) is 41.2. The fourth-order valence-electron chi connectivity index (χ4n) is 7.72. The molecular weight excluding hydrogens is 861 g/mol. The molecule has 6 atom stereocenters. The van der Waals surface area contributed by atoms with Gasteiger partial charge in [-0.2, -0.15) is 8.42 Å². The van der Waals surface area contributed by atoms with Crippen molar-refractivity contribution in [2.75, 3.05) is 26.4 Å². The molecule has 0 amide bonds. The molecule has 4 N–H and O–H groups in total. The number of ether oxygens (including phenoxy) is 4. The molecule has 0 saturated carbocycles. The highest BCUT2D eigenvalue weighted by atomic mass is 32.3. The molecule has 12 nitrogen and oxygen atoms in total. The Labute approximate surface area is 401 Å². The zero-order valence-electron chi connectivity index (χ0n) is 41.2. The van der Waals surface area contributed by atoms with E-state index >= 15 is 0 Å². The summed E-state index contributed by atoms with van der Waals surface area (Å²) in [4.78, 5) is 12.9. The standard InChI is InChI=1S/C53H94O12S/c1-3-5-7-9-11-13-15-17-19-21-22-23-24-25-26-27-28-30-32-34-36-38-40-42-49(55)63-47(46-62-53-51(57)52(65-66(58,59)60)50(56)48(44-54)64-53)45-61-43-41-39-37-35-33-31-29-20-18-16-14-12-10-8-6-4-2/h6,8,12,14-15,17-18,20-22,47-48,50-54,56-57H,3-5,7,9-11,13,16,19,23-46H2,1-2H3,(H,58,59,60)/b8-6-,14-12-,17-15-,20-18-,22-21-. The van der Waals surface area contributed by atoms with Crippen molar-refractivity contribution in [2.45, 2.75) is 243 Å². The van der Waals surface area contributed by atoms with Gasteiger partial charge < -0.3 is 34.3 Å². The molecule has 1 aliphatic rings. The van der Waals surface area contributed by atoms with E-state index in [0.29, 0.717) is 13.0 Å². The van der Waals surface area contributed by atoms with Crippen molar-refractivity contribution in [3.05, 3.63) is 60.8 Å². The predicted octanol–water partition coefficient (Wildman–Crippen LogP) is 12.1. The van der Waals surface area contributed by atoms with E-state index in [2.05, 4.69) is 78.8 Å². The third kappa shape index (κ3) is 36.8. The van der Waals surface area contributed by atoms with Crippen LogP contribution in [0.3, 0.4) is 0 Å². The Morgan fingerprint density at radius 1 is 0.591 bits per heavy atom. The van der Waals surface area contributed by atoms with Crippen LogP contribution in [-0.4, -0.2) is 97.5 Å². The molecular formula is C53H94O12S. The fourth-order valence-corrected chi connectivity index (χ4v) is 8.23. The number of allylic oxidation sites excluding steroid dienone is 10. The lowest BCUT2D eigenvalue weighted by Crippen LogP contribution is -2.60. The van der Waals surface area contributed by atoms with Crippen molar-refractivity contribution in [1.29, 1.82) is 0 Å². The third-order valence-electron chi connectivity index (χ3n) is 11.6. The van der Waals surface area contributed by atoms with E-state index < -0.39 is 59.8 Å². The van der Waals surface area contributed by atoms with E-state index in [0.717, 1.165) is 77.0 Å². The number of unbranched alkanes of at least 4 members (excludes halogenated alkanes) is 22. The Balaban J connectivity index is 2.35. The Morgan fingerprint density at radius 2 is 1.05 bits per heavy atom. The van der Waals surface area contributed by atoms with Crippen LogP contribution in [0.5, 0.6) is 0 Å². The zero-order chi connectivity index (χ0) is 48.2. The smallest absolute Gasteiger partial charge is 0.397 e. The van der Waals surface area contributed by atoms with E-state index in [1.54, 1.807) is 0 Å². The number of aliphatic hydroxyl groups is 3. The number of esters is 1. The maximum absolute atomic E-state index is 12.9. The van der Waals surface area contributed by atoms with Crippen molar-refractivity contribution >= 4 is 16.4 Å². The van der Waals surface area contributed by atoms with Crippen molar-refractivity contribution in [1.82, 2.24) is 0 Å². The summed E-state index contributed by atoms with van der Waals surface area (Å²) in [5.74, 6) is -0.407. The molecule has 13 heteroatoms. The van der Waals surface area contributed by atoms with Gasteiger partial charge >= 0.3 is 16.4 Å². The Hall–Kier alpha value is -2.20. The van der Waals surface area contributed by atoms with Gasteiger partial charge in [0.05, 0.1) is 19.8 Å². The van der Waals surface area contributed by atoms with Gasteiger partial charge in [-0.05, 0) is 77.0 Å². The molecule has 0 aromatic carbocycles. The van der Waals surface area contributed by atoms with Gasteiger partial charge in [0.15, 0.2) is 6.29 Å². The summed E-state index contributed by atoms with van der Waals surface area (Å²) in [6.07, 6.45) is 46.8. The average Bonchev–Trinajstić information content (AvgIpc) is 3.29. The van der Waals surface area contributed by atoms with Crippen LogP contribution in [0.4, 0.5) is 0 Å². The molecule has 0 aromatic heterocycles. The summed E-state index contributed by atoms with van der Waals surface area (Å²) >= 11 is 0. The summed E-state index contributed by atoms with van der Waals surface area (Å²) < 4.78 is 59.2. The molecule has 1 fully saturated rings. The molecule has 1 heterocycles. The highest BCUT2D eigenvalue weighted by Crippen LogP contribution is 2.26. The molecule has 0 radical (unpaired) electrons. The summed E-state index contributed by atoms with van der Waals surface area (Å²) in [6.45, 7) is 3.85. The normalized spacial score (nSPS) is 20.0. The minimum absolute atomic E-state index is 0.0246. The molecule has 0 aromatic rings. The second-order valence-corrected chi connectivity index (χ2v) is 18.8. The van der Waals surface area contributed by atoms with Gasteiger partial charge in [0, 0.05) is 13.0 Å². The van der Waals surface area contributed by atoms with Crippen LogP contribution in [0, 0.1) is 0 Å². The molecule has 0 bridgehead atoms. The van der Waals surface area contributed by atoms with E-state index in [-0.39, 0.29) is 19.6 Å². The van der Waals surface area contributed by atoms with E-state index in [1.807, 2.05) is 0 Å². The first-order valence-corrected chi connectivity index (χ1v) is 27.4. The van der Waals surface area contributed by atoms with Crippen LogP contribution in [0.25, 0.3) is 0 Å². The first kappa shape index (κ1) is 61.8. The quantitative estimate of drug-likeness (QED) is 0.0197. The lowest BCUT2D eigenvalue weighted by molar-refractivity contribution is -0.301. The first-order chi connectivity index (χ1) is 32.1. The Morgan fingerprint density at radius 3 is 1.53 bits per heavy atom. The van der Waals surface area contributed by atoms with Crippen molar-refractivity contribution in [3.63, 3.8) is 0 Å². The molecule has 1 saturated heterocycles. The molecule has 66 heavy (non-hydrogen) atoms. The van der Waals surface area contributed by atoms with Gasteiger partial charge in [-0.15, -0.1) is 0 Å². The highest BCUT2D eigenvalue weighted by Gasteiger charge is 2.48. The number of aliphatic hydroxyl groups excluding tert-OH is 3. The second kappa shape index (κ2) is 44.0. The number of hydrogen-bond donors (Lipinski definition) is 4. The van der Waals surface area contributed by atoms with E-state index in [4.69, 9.17) is 18.9 Å². The van der Waals surface area contributed by atoms with Gasteiger partial charge in [0.25, 0.3) is 0 Å². The summed E-state index contributed by atoms with van der Waals surface area (Å²) in [7, 11) is -5.07. The molecule has 384 valence electrons. The van der Waals surface area contributed by atoms with Gasteiger partial charge in [0.1, 0.15) is 30.5 Å². The van der Waals surface area contributed by atoms with Crippen LogP contribution in [0.2, 0.25) is 0 Å². The number of carbonyl (C=O) groups excluding carboxylic acids is 1. The van der Waals surface area contributed by atoms with E-state index in [1.165, 1.54) is 103 Å².